The van der Waals surface area contributed by atoms with Crippen LogP contribution in [0, 0.1) is 0 Å². The summed E-state index contributed by atoms with van der Waals surface area (Å²) in [5.74, 6) is 1.19. The van der Waals surface area contributed by atoms with Crippen LogP contribution in [0.25, 0.3) is 0 Å². The maximum atomic E-state index is 12.8. The van der Waals surface area contributed by atoms with Gasteiger partial charge in [-0.15, -0.1) is 0 Å². The fourth-order valence-corrected chi connectivity index (χ4v) is 5.17. The zero-order valence-corrected chi connectivity index (χ0v) is 31.4. The van der Waals surface area contributed by atoms with Gasteiger partial charge in [0.25, 0.3) is 0 Å². The summed E-state index contributed by atoms with van der Waals surface area (Å²) in [7, 11) is 1.67. The third-order valence-corrected chi connectivity index (χ3v) is 8.70. The summed E-state index contributed by atoms with van der Waals surface area (Å²) in [6.45, 7) is 17.2. The minimum absolute atomic E-state index is 0.0264. The van der Waals surface area contributed by atoms with E-state index in [9.17, 15) is 9.59 Å². The molecule has 0 amide bonds. The highest BCUT2D eigenvalue weighted by molar-refractivity contribution is 5.93. The second-order valence-electron chi connectivity index (χ2n) is 14.4. The molecule has 3 unspecified atom stereocenters. The second-order valence-corrected chi connectivity index (χ2v) is 14.4. The zero-order valence-electron chi connectivity index (χ0n) is 31.4. The molecular weight excluding hydrogens is 644 g/mol. The fourth-order valence-electron chi connectivity index (χ4n) is 5.17. The lowest BCUT2D eigenvalue weighted by Crippen LogP contribution is -2.23. The van der Waals surface area contributed by atoms with E-state index in [0.717, 1.165) is 16.9 Å². The summed E-state index contributed by atoms with van der Waals surface area (Å²) >= 11 is 0. The van der Waals surface area contributed by atoms with Crippen LogP contribution in [0.15, 0.2) is 97.1 Å². The van der Waals surface area contributed by atoms with Crippen molar-refractivity contribution in [1.82, 2.24) is 0 Å². The van der Waals surface area contributed by atoms with Gasteiger partial charge in [-0.2, -0.15) is 0 Å². The van der Waals surface area contributed by atoms with E-state index in [2.05, 4.69) is 46.8 Å². The van der Waals surface area contributed by atoms with Gasteiger partial charge in [0.2, 0.25) is 0 Å². The van der Waals surface area contributed by atoms with E-state index in [1.165, 1.54) is 5.56 Å². The third-order valence-electron chi connectivity index (χ3n) is 8.70. The summed E-state index contributed by atoms with van der Waals surface area (Å²) in [5.41, 5.74) is 3.98. The predicted molar refractivity (Wildman–Crippen MR) is 199 cm³/mol. The average Bonchev–Trinajstić information content (AvgIpc) is 3.12. The number of methoxy groups -OCH3 is 1. The van der Waals surface area contributed by atoms with E-state index in [4.69, 9.17) is 28.4 Å². The lowest BCUT2D eigenvalue weighted by molar-refractivity contribution is 0.0215. The summed E-state index contributed by atoms with van der Waals surface area (Å²) < 4.78 is 33.9. The van der Waals surface area contributed by atoms with Crippen molar-refractivity contribution in [1.29, 1.82) is 0 Å². The largest absolute Gasteiger partial charge is 0.491 e. The van der Waals surface area contributed by atoms with E-state index in [1.54, 1.807) is 45.2 Å². The first-order chi connectivity index (χ1) is 24.1. The van der Waals surface area contributed by atoms with Gasteiger partial charge in [-0.3, -0.25) is 0 Å². The van der Waals surface area contributed by atoms with E-state index in [-0.39, 0.29) is 30.1 Å². The topological polar surface area (TPSA) is 89.5 Å². The van der Waals surface area contributed by atoms with Crippen LogP contribution in [-0.4, -0.2) is 57.2 Å². The summed E-state index contributed by atoms with van der Waals surface area (Å²) in [6.07, 6.45) is -0.948. The molecule has 0 radical (unpaired) electrons. The number of hydrogen-bond donors (Lipinski definition) is 0. The molecule has 0 saturated heterocycles. The van der Waals surface area contributed by atoms with Crippen LogP contribution >= 0.6 is 0 Å². The number of esters is 2. The van der Waals surface area contributed by atoms with Crippen LogP contribution in [0.1, 0.15) is 92.8 Å². The summed E-state index contributed by atoms with van der Waals surface area (Å²) in [5, 5.41) is 0. The monoisotopic (exact) mass is 696 g/mol. The molecule has 0 aliphatic heterocycles. The van der Waals surface area contributed by atoms with Gasteiger partial charge in [-0.05, 0) is 104 Å². The molecule has 8 nitrogen and oxygen atoms in total. The Balaban J connectivity index is 1.21. The molecule has 0 heterocycles. The minimum atomic E-state index is -0.507. The van der Waals surface area contributed by atoms with E-state index in [0.29, 0.717) is 29.2 Å². The van der Waals surface area contributed by atoms with Crippen LogP contribution in [0.5, 0.6) is 17.2 Å². The van der Waals surface area contributed by atoms with Crippen molar-refractivity contribution in [3.63, 3.8) is 0 Å². The van der Waals surface area contributed by atoms with E-state index < -0.39 is 24.1 Å². The molecular formula is C43H52O8. The Kier molecular flexibility index (Phi) is 13.3. The SMILES string of the molecule is COC(C)COc1ccc(C(C)(C)c2ccc(OCC(C)OC(=O)c3ccc(C(=O)OC(C)COc4ccc(C(C)(C)C)cc4)cc3)cc2)cc1. The number of carbonyl (C=O) groups is 2. The summed E-state index contributed by atoms with van der Waals surface area (Å²) in [6, 6.07) is 30.2. The van der Waals surface area contributed by atoms with Gasteiger partial charge in [0.1, 0.15) is 49.3 Å². The molecule has 8 heteroatoms. The van der Waals surface area contributed by atoms with Gasteiger partial charge in [0, 0.05) is 12.5 Å². The van der Waals surface area contributed by atoms with Crippen molar-refractivity contribution in [2.75, 3.05) is 26.9 Å². The van der Waals surface area contributed by atoms with Gasteiger partial charge < -0.3 is 28.4 Å². The van der Waals surface area contributed by atoms with Crippen molar-refractivity contribution in [3.05, 3.63) is 125 Å². The maximum absolute atomic E-state index is 12.8. The third kappa shape index (κ3) is 11.3. The highest BCUT2D eigenvalue weighted by atomic mass is 16.6. The van der Waals surface area contributed by atoms with Crippen molar-refractivity contribution in [2.24, 2.45) is 0 Å². The number of rotatable bonds is 16. The molecule has 4 aromatic rings. The molecule has 0 aromatic heterocycles. The predicted octanol–water partition coefficient (Wildman–Crippen LogP) is 8.97. The van der Waals surface area contributed by atoms with Gasteiger partial charge in [-0.1, -0.05) is 71.0 Å². The van der Waals surface area contributed by atoms with Crippen molar-refractivity contribution >= 4 is 11.9 Å². The number of benzene rings is 4. The number of ether oxygens (including phenoxy) is 6. The van der Waals surface area contributed by atoms with Crippen molar-refractivity contribution in [2.45, 2.75) is 84.5 Å². The minimum Gasteiger partial charge on any atom is -0.491 e. The number of carbonyl (C=O) groups excluding carboxylic acids is 2. The molecule has 0 aliphatic rings. The Hall–Kier alpha value is -4.82. The molecule has 0 bridgehead atoms. The van der Waals surface area contributed by atoms with Gasteiger partial charge in [0.05, 0.1) is 17.2 Å². The second kappa shape index (κ2) is 17.4. The molecule has 4 aromatic carbocycles. The highest BCUT2D eigenvalue weighted by Crippen LogP contribution is 2.33. The van der Waals surface area contributed by atoms with Crippen LogP contribution in [-0.2, 0) is 25.0 Å². The molecule has 0 aliphatic carbocycles. The van der Waals surface area contributed by atoms with Gasteiger partial charge in [-0.25, -0.2) is 9.59 Å². The maximum Gasteiger partial charge on any atom is 0.338 e. The Morgan fingerprint density at radius 3 is 1.12 bits per heavy atom. The van der Waals surface area contributed by atoms with Crippen LogP contribution in [0.3, 0.4) is 0 Å². The normalized spacial score (nSPS) is 13.4. The molecule has 4 rings (SSSR count). The van der Waals surface area contributed by atoms with Crippen molar-refractivity contribution < 1.29 is 38.0 Å². The molecule has 0 saturated carbocycles. The lowest BCUT2D eigenvalue weighted by atomic mass is 9.78. The Morgan fingerprint density at radius 1 is 0.490 bits per heavy atom. The van der Waals surface area contributed by atoms with Gasteiger partial charge >= 0.3 is 11.9 Å². The smallest absolute Gasteiger partial charge is 0.338 e. The van der Waals surface area contributed by atoms with Crippen LogP contribution in [0.4, 0.5) is 0 Å². The fraction of sp³-hybridized carbons (Fsp3) is 0.395. The van der Waals surface area contributed by atoms with E-state index >= 15 is 0 Å². The van der Waals surface area contributed by atoms with Gasteiger partial charge in [0.15, 0.2) is 0 Å². The average molecular weight is 697 g/mol. The van der Waals surface area contributed by atoms with E-state index in [1.807, 2.05) is 67.6 Å². The molecule has 51 heavy (non-hydrogen) atoms. The standard InChI is InChI=1S/C43H52O8/c1-29(46-9)26-47-38-22-16-35(17-23-38)43(7,8)36-18-24-39(25-19-36)49-28-31(3)51-41(45)33-12-10-32(11-13-33)40(44)50-30(2)27-48-37-20-14-34(15-21-37)42(4,5)6/h10-25,29-31H,26-28H2,1-9H3. The molecule has 0 fully saturated rings. The first kappa shape index (κ1) is 39.0. The Morgan fingerprint density at radius 2 is 0.804 bits per heavy atom. The molecule has 0 N–H and O–H groups in total. The summed E-state index contributed by atoms with van der Waals surface area (Å²) in [4.78, 5) is 25.5. The zero-order chi connectivity index (χ0) is 37.2. The van der Waals surface area contributed by atoms with Crippen molar-refractivity contribution in [3.8, 4) is 17.2 Å². The van der Waals surface area contributed by atoms with Crippen LogP contribution < -0.4 is 14.2 Å². The highest BCUT2D eigenvalue weighted by Gasteiger charge is 2.24. The molecule has 3 atom stereocenters. The molecule has 272 valence electrons. The molecule has 0 spiro atoms. The first-order valence-electron chi connectivity index (χ1n) is 17.4. The van der Waals surface area contributed by atoms with Crippen LogP contribution in [0.2, 0.25) is 0 Å². The lowest BCUT2D eigenvalue weighted by Gasteiger charge is -2.26. The first-order valence-corrected chi connectivity index (χ1v) is 17.4. The number of hydrogen-bond acceptors (Lipinski definition) is 8. The Bertz CT molecular complexity index is 1690. The quantitative estimate of drug-likeness (QED) is 0.107. The Labute approximate surface area is 303 Å².